The van der Waals surface area contributed by atoms with Crippen LogP contribution in [0, 0.1) is 6.92 Å². The van der Waals surface area contributed by atoms with E-state index in [0.717, 1.165) is 11.1 Å². The number of benzene rings is 2. The Bertz CT molecular complexity index is 795. The number of aromatic nitrogens is 1. The van der Waals surface area contributed by atoms with Crippen molar-refractivity contribution in [1.29, 1.82) is 0 Å². The maximum absolute atomic E-state index is 6.24. The number of hydrogen-bond acceptors (Lipinski definition) is 3. The molecular formula is C16H12Cl2N2O. The second kappa shape index (κ2) is 5.43. The summed E-state index contributed by atoms with van der Waals surface area (Å²) in [6, 6.07) is 13.2. The van der Waals surface area contributed by atoms with Crippen LogP contribution in [0.15, 0.2) is 47.0 Å². The topological polar surface area (TPSA) is 52.0 Å². The molecule has 3 rings (SSSR count). The molecule has 0 spiro atoms. The third-order valence-electron chi connectivity index (χ3n) is 3.23. The molecule has 0 amide bonds. The molecule has 3 nitrogen and oxygen atoms in total. The van der Waals surface area contributed by atoms with E-state index in [4.69, 9.17) is 33.5 Å². The molecule has 0 radical (unpaired) electrons. The smallest absolute Gasteiger partial charge is 0.178 e. The Morgan fingerprint density at radius 3 is 2.43 bits per heavy atom. The summed E-state index contributed by atoms with van der Waals surface area (Å²) in [4.78, 5) is 0. The molecule has 0 unspecified atom stereocenters. The zero-order valence-electron chi connectivity index (χ0n) is 11.2. The molecule has 2 aromatic carbocycles. The van der Waals surface area contributed by atoms with Crippen LogP contribution in [0.25, 0.3) is 22.5 Å². The number of nitrogens with zero attached hydrogens (tertiary/aromatic N) is 1. The minimum atomic E-state index is 0.333. The van der Waals surface area contributed by atoms with Gasteiger partial charge in [0, 0.05) is 10.6 Å². The van der Waals surface area contributed by atoms with Crippen molar-refractivity contribution >= 4 is 29.0 Å². The third kappa shape index (κ3) is 2.62. The molecule has 2 N–H and O–H groups in total. The van der Waals surface area contributed by atoms with Gasteiger partial charge in [-0.1, -0.05) is 58.2 Å². The van der Waals surface area contributed by atoms with E-state index in [2.05, 4.69) is 5.16 Å². The fourth-order valence-corrected chi connectivity index (χ4v) is 2.65. The van der Waals surface area contributed by atoms with Crippen LogP contribution in [0.5, 0.6) is 0 Å². The molecule has 0 aliphatic carbocycles. The number of nitrogens with two attached hydrogens (primary N) is 1. The Hall–Kier alpha value is -1.97. The van der Waals surface area contributed by atoms with Gasteiger partial charge in [0.05, 0.1) is 10.6 Å². The number of rotatable bonds is 2. The molecule has 0 bridgehead atoms. The normalized spacial score (nSPS) is 10.8. The van der Waals surface area contributed by atoms with Gasteiger partial charge in [0.15, 0.2) is 11.6 Å². The summed E-state index contributed by atoms with van der Waals surface area (Å²) >= 11 is 12.2. The van der Waals surface area contributed by atoms with E-state index in [-0.39, 0.29) is 0 Å². The molecule has 5 heteroatoms. The number of halogens is 2. The summed E-state index contributed by atoms with van der Waals surface area (Å²) in [5.41, 5.74) is 9.50. The Balaban J connectivity index is 2.19. The Morgan fingerprint density at radius 1 is 1.05 bits per heavy atom. The summed E-state index contributed by atoms with van der Waals surface area (Å²) in [5.74, 6) is 0.873. The first-order valence-electron chi connectivity index (χ1n) is 6.34. The highest BCUT2D eigenvalue weighted by Crippen LogP contribution is 2.40. The maximum Gasteiger partial charge on any atom is 0.178 e. The summed E-state index contributed by atoms with van der Waals surface area (Å²) in [5, 5.41) is 4.92. The minimum absolute atomic E-state index is 0.333. The van der Waals surface area contributed by atoms with Crippen LogP contribution in [-0.2, 0) is 0 Å². The Labute approximate surface area is 132 Å². The summed E-state index contributed by atoms with van der Waals surface area (Å²) in [6.45, 7) is 2.03. The average Bonchev–Trinajstić information content (AvgIpc) is 2.82. The molecule has 106 valence electrons. The molecule has 3 aromatic rings. The number of hydrogen-bond donors (Lipinski definition) is 1. The molecule has 1 aromatic heterocycles. The van der Waals surface area contributed by atoms with E-state index < -0.39 is 0 Å². The van der Waals surface area contributed by atoms with E-state index in [9.17, 15) is 0 Å². The second-order valence-corrected chi connectivity index (χ2v) is 5.61. The number of nitrogen functional groups attached to an aromatic ring is 1. The van der Waals surface area contributed by atoms with E-state index >= 15 is 0 Å². The van der Waals surface area contributed by atoms with Crippen LogP contribution in [0.1, 0.15) is 5.56 Å². The lowest BCUT2D eigenvalue weighted by molar-refractivity contribution is 0.436. The van der Waals surface area contributed by atoms with Crippen molar-refractivity contribution in [3.8, 4) is 22.5 Å². The van der Waals surface area contributed by atoms with Gasteiger partial charge in [-0.25, -0.2) is 0 Å². The van der Waals surface area contributed by atoms with Crippen molar-refractivity contribution in [3.05, 3.63) is 58.1 Å². The first-order chi connectivity index (χ1) is 10.1. The van der Waals surface area contributed by atoms with Gasteiger partial charge in [-0.3, -0.25) is 0 Å². The highest BCUT2D eigenvalue weighted by Gasteiger charge is 2.19. The predicted molar refractivity (Wildman–Crippen MR) is 86.5 cm³/mol. The molecule has 0 saturated heterocycles. The molecule has 1 heterocycles. The molecule has 0 aliphatic rings. The van der Waals surface area contributed by atoms with Crippen molar-refractivity contribution in [2.45, 2.75) is 6.92 Å². The van der Waals surface area contributed by atoms with Crippen molar-refractivity contribution in [3.63, 3.8) is 0 Å². The lowest BCUT2D eigenvalue weighted by atomic mass is 10.0. The van der Waals surface area contributed by atoms with Crippen LogP contribution in [-0.4, -0.2) is 5.16 Å². The first kappa shape index (κ1) is 14.0. The van der Waals surface area contributed by atoms with Gasteiger partial charge in [0.25, 0.3) is 0 Å². The summed E-state index contributed by atoms with van der Waals surface area (Å²) in [7, 11) is 0. The van der Waals surface area contributed by atoms with E-state index in [1.54, 1.807) is 18.2 Å². The van der Waals surface area contributed by atoms with Gasteiger partial charge in [-0.2, -0.15) is 0 Å². The summed E-state index contributed by atoms with van der Waals surface area (Å²) < 4.78 is 5.38. The van der Waals surface area contributed by atoms with Crippen LogP contribution in [0.2, 0.25) is 10.0 Å². The van der Waals surface area contributed by atoms with Crippen LogP contribution in [0.3, 0.4) is 0 Å². The Kier molecular flexibility index (Phi) is 3.62. The van der Waals surface area contributed by atoms with Crippen molar-refractivity contribution in [1.82, 2.24) is 5.16 Å². The fourth-order valence-electron chi connectivity index (χ4n) is 2.16. The van der Waals surface area contributed by atoms with E-state index in [1.165, 1.54) is 5.56 Å². The first-order valence-corrected chi connectivity index (χ1v) is 7.09. The van der Waals surface area contributed by atoms with Crippen molar-refractivity contribution in [2.24, 2.45) is 0 Å². The van der Waals surface area contributed by atoms with Gasteiger partial charge >= 0.3 is 0 Å². The zero-order valence-corrected chi connectivity index (χ0v) is 12.7. The monoisotopic (exact) mass is 318 g/mol. The molecular weight excluding hydrogens is 307 g/mol. The highest BCUT2D eigenvalue weighted by molar-refractivity contribution is 6.36. The minimum Gasteiger partial charge on any atom is -0.380 e. The molecule has 0 fully saturated rings. The van der Waals surface area contributed by atoms with Crippen LogP contribution in [0.4, 0.5) is 5.82 Å². The lowest BCUT2D eigenvalue weighted by Gasteiger charge is -2.05. The van der Waals surface area contributed by atoms with Gasteiger partial charge < -0.3 is 10.3 Å². The van der Waals surface area contributed by atoms with Crippen molar-refractivity contribution in [2.75, 3.05) is 5.73 Å². The quantitative estimate of drug-likeness (QED) is 0.706. The lowest BCUT2D eigenvalue weighted by Crippen LogP contribution is -1.89. The molecule has 0 aliphatic heterocycles. The second-order valence-electron chi connectivity index (χ2n) is 4.76. The summed E-state index contributed by atoms with van der Waals surface area (Å²) in [6.07, 6.45) is 0. The molecule has 21 heavy (non-hydrogen) atoms. The largest absolute Gasteiger partial charge is 0.380 e. The van der Waals surface area contributed by atoms with Crippen LogP contribution >= 0.6 is 23.2 Å². The number of aryl methyl sites for hydroxylation is 1. The van der Waals surface area contributed by atoms with Gasteiger partial charge in [0.2, 0.25) is 0 Å². The fraction of sp³-hybridized carbons (Fsp3) is 0.0625. The molecule has 0 atom stereocenters. The van der Waals surface area contributed by atoms with E-state index in [1.807, 2.05) is 31.2 Å². The Morgan fingerprint density at radius 2 is 1.76 bits per heavy atom. The zero-order chi connectivity index (χ0) is 15.0. The standard InChI is InChI=1S/C16H12Cl2N2O/c1-9-2-4-10(5-3-9)14-15(21-20-16(14)19)12-7-6-11(17)8-13(12)18/h2-8H,1H3,(H2,19,20). The van der Waals surface area contributed by atoms with Crippen LogP contribution < -0.4 is 5.73 Å². The average molecular weight is 319 g/mol. The van der Waals surface area contributed by atoms with E-state index in [0.29, 0.717) is 27.2 Å². The third-order valence-corrected chi connectivity index (χ3v) is 3.78. The highest BCUT2D eigenvalue weighted by atomic mass is 35.5. The number of anilines is 1. The van der Waals surface area contributed by atoms with Gasteiger partial charge in [0.1, 0.15) is 0 Å². The predicted octanol–water partition coefficient (Wildman–Crippen LogP) is 5.21. The van der Waals surface area contributed by atoms with Gasteiger partial charge in [-0.15, -0.1) is 0 Å². The van der Waals surface area contributed by atoms with Gasteiger partial charge in [-0.05, 0) is 30.7 Å². The SMILES string of the molecule is Cc1ccc(-c2c(N)noc2-c2ccc(Cl)cc2Cl)cc1. The van der Waals surface area contributed by atoms with Crippen molar-refractivity contribution < 1.29 is 4.52 Å². The maximum atomic E-state index is 6.24. The molecule has 0 saturated carbocycles.